The highest BCUT2D eigenvalue weighted by molar-refractivity contribution is 7.99. The van der Waals surface area contributed by atoms with Crippen LogP contribution in [0.25, 0.3) is 21.8 Å². The summed E-state index contributed by atoms with van der Waals surface area (Å²) in [5, 5.41) is 26.6. The molecule has 6 aliphatic heterocycles. The average Bonchev–Trinajstić information content (AvgIpc) is 3.36. The van der Waals surface area contributed by atoms with Crippen LogP contribution in [0.2, 0.25) is 0 Å². The molecule has 12 rings (SSSR count). The second-order valence-electron chi connectivity index (χ2n) is 20.7. The molecule has 66 heavy (non-hydrogen) atoms. The minimum atomic E-state index is -0.489. The van der Waals surface area contributed by atoms with Crippen molar-refractivity contribution in [2.75, 3.05) is 49.2 Å². The number of nitrogens with zero attached hydrogens (tertiary/aromatic N) is 4. The van der Waals surface area contributed by atoms with E-state index in [0.717, 1.165) is 79.7 Å². The normalized spacial score (nSPS) is 27.9. The van der Waals surface area contributed by atoms with E-state index in [1.807, 2.05) is 24.5 Å². The Morgan fingerprint density at radius 2 is 0.924 bits per heavy atom. The predicted molar refractivity (Wildman–Crippen MR) is 276 cm³/mol. The van der Waals surface area contributed by atoms with E-state index < -0.39 is 12.2 Å². The molecule has 0 spiro atoms. The number of rotatable bonds is 21. The zero-order chi connectivity index (χ0) is 44.8. The minimum Gasteiger partial charge on any atom is -0.382 e. The number of aliphatic hydroxyl groups excluding tert-OH is 2. The number of hydrogen-bond acceptors (Lipinski definition) is 6. The lowest BCUT2D eigenvalue weighted by Gasteiger charge is -2.58. The second kappa shape index (κ2) is 21.3. The van der Waals surface area contributed by atoms with Crippen molar-refractivity contribution in [3.63, 3.8) is 0 Å². The number of aliphatic hydroxyl groups is 2. The molecule has 4 aromatic carbocycles. The van der Waals surface area contributed by atoms with Crippen LogP contribution in [0.4, 0.5) is 0 Å². The maximum atomic E-state index is 12.2. The Morgan fingerprint density at radius 3 is 1.38 bits per heavy atom. The van der Waals surface area contributed by atoms with Gasteiger partial charge in [0.1, 0.15) is 37.4 Å². The highest BCUT2D eigenvalue weighted by Gasteiger charge is 2.56. The summed E-state index contributed by atoms with van der Waals surface area (Å²) < 4.78 is 2.02. The molecule has 0 aliphatic carbocycles. The third-order valence-electron chi connectivity index (χ3n) is 16.9. The lowest BCUT2D eigenvalue weighted by atomic mass is 9.70. The molecule has 0 saturated carbocycles. The molecule has 346 valence electrons. The van der Waals surface area contributed by atoms with Gasteiger partial charge < -0.3 is 19.2 Å². The van der Waals surface area contributed by atoms with Crippen LogP contribution in [0, 0.1) is 23.7 Å². The van der Waals surface area contributed by atoms with Crippen molar-refractivity contribution < 1.29 is 19.2 Å². The maximum absolute atomic E-state index is 12.2. The van der Waals surface area contributed by atoms with E-state index in [1.54, 1.807) is 0 Å². The van der Waals surface area contributed by atoms with Crippen molar-refractivity contribution >= 4 is 45.3 Å². The molecular weight excluding hydrogens is 849 g/mol. The molecule has 8 heteroatoms. The molecule has 4 bridgehead atoms. The Kier molecular flexibility index (Phi) is 14.8. The van der Waals surface area contributed by atoms with Crippen LogP contribution >= 0.6 is 23.5 Å². The van der Waals surface area contributed by atoms with Gasteiger partial charge in [-0.15, -0.1) is 0 Å². The van der Waals surface area contributed by atoms with E-state index >= 15 is 0 Å². The third-order valence-corrected chi connectivity index (χ3v) is 19.1. The summed E-state index contributed by atoms with van der Waals surface area (Å²) in [5.41, 5.74) is 6.84. The van der Waals surface area contributed by atoms with Gasteiger partial charge in [0.15, 0.2) is 0 Å². The maximum Gasteiger partial charge on any atom is 0.131 e. The number of quaternary nitrogens is 2. The van der Waals surface area contributed by atoms with Crippen molar-refractivity contribution in [1.82, 2.24) is 9.97 Å². The molecular formula is C58H72N4O2S2+2. The second-order valence-corrected chi connectivity index (χ2v) is 23.2. The lowest BCUT2D eigenvalue weighted by Crippen LogP contribution is -2.67. The number of fused-ring (bicyclic) bond motifs is 8. The Bertz CT molecular complexity index is 2310. The highest BCUT2D eigenvalue weighted by atomic mass is 32.2. The van der Waals surface area contributed by atoms with Crippen LogP contribution in [0.15, 0.2) is 134 Å². The van der Waals surface area contributed by atoms with Crippen LogP contribution in [0.1, 0.15) is 98.7 Å². The van der Waals surface area contributed by atoms with Crippen LogP contribution in [0.5, 0.6) is 0 Å². The largest absolute Gasteiger partial charge is 0.382 e. The zero-order valence-electron chi connectivity index (χ0n) is 39.0. The number of pyridine rings is 2. The summed E-state index contributed by atoms with van der Waals surface area (Å²) in [6, 6.07) is 43.3. The molecule has 6 aliphatic rings. The summed E-state index contributed by atoms with van der Waals surface area (Å²) in [4.78, 5) is 9.23. The Labute approximate surface area is 402 Å². The molecule has 0 amide bonds. The van der Waals surface area contributed by atoms with E-state index in [1.165, 1.54) is 112 Å². The van der Waals surface area contributed by atoms with Crippen LogP contribution in [-0.4, -0.2) is 90.4 Å². The molecule has 6 aromatic rings. The number of thioether (sulfide) groups is 2. The van der Waals surface area contributed by atoms with E-state index in [2.05, 4.69) is 143 Å². The Morgan fingerprint density at radius 1 is 0.500 bits per heavy atom. The van der Waals surface area contributed by atoms with Crippen molar-refractivity contribution in [3.05, 3.63) is 156 Å². The lowest BCUT2D eigenvalue weighted by molar-refractivity contribution is -0.985. The molecule has 6 fully saturated rings. The molecule has 2 N–H and O–H groups in total. The van der Waals surface area contributed by atoms with Crippen LogP contribution in [-0.2, 0) is 13.1 Å². The molecule has 6 nitrogen and oxygen atoms in total. The molecule has 10 atom stereocenters. The van der Waals surface area contributed by atoms with Gasteiger partial charge in [-0.3, -0.25) is 9.97 Å². The molecule has 6 saturated heterocycles. The van der Waals surface area contributed by atoms with Gasteiger partial charge in [-0.1, -0.05) is 110 Å². The average molecular weight is 921 g/mol. The predicted octanol–water partition coefficient (Wildman–Crippen LogP) is 12.2. The fourth-order valence-electron chi connectivity index (χ4n) is 13.6. The third kappa shape index (κ3) is 10.0. The number of hydrogen-bond donors (Lipinski definition) is 2. The Hall–Kier alpha value is -3.76. The van der Waals surface area contributed by atoms with Crippen molar-refractivity contribution in [3.8, 4) is 0 Å². The van der Waals surface area contributed by atoms with E-state index in [0.29, 0.717) is 11.8 Å². The minimum absolute atomic E-state index is 0.211. The highest BCUT2D eigenvalue weighted by Crippen LogP contribution is 2.50. The Balaban J connectivity index is 0.657. The van der Waals surface area contributed by atoms with Gasteiger partial charge in [0.25, 0.3) is 0 Å². The van der Waals surface area contributed by atoms with Gasteiger partial charge in [0, 0.05) is 71.8 Å². The van der Waals surface area contributed by atoms with Gasteiger partial charge in [0.2, 0.25) is 0 Å². The molecule has 0 radical (unpaired) electrons. The SMILES string of the molecule is O[C@H](c1ccnc2ccccc12)[C@H]1C[C@@H]2CC[N@@+]1(Cc1ccccc1)C[C@@H]2CCSCCCCCCSCC[C@H]1C[N@+]2(Cc3ccccc3)CC[C@H]1C[C@@H]2[C@H](O)c1ccnc2ccccc12. The van der Waals surface area contributed by atoms with Crippen LogP contribution in [0.3, 0.4) is 0 Å². The number of benzene rings is 4. The number of para-hydroxylation sites is 2. The van der Waals surface area contributed by atoms with Crippen molar-refractivity contribution in [2.24, 2.45) is 23.7 Å². The van der Waals surface area contributed by atoms with E-state index in [4.69, 9.17) is 0 Å². The standard InChI is InChI=1S/C58H72N4O2S2/c63-57(51-23-29-59-53-21-11-9-19-49(51)53)55-37-45-25-31-61(55,39-43-15-5-3-6-16-43)41-47(45)27-35-65-33-13-1-2-14-34-66-36-28-48-42-62(40-44-17-7-4-8-18-44)32-26-46(48)38-56(62)58(64)52-24-30-60-54-22-12-10-20-50(52)54/h3-12,15-24,29-30,45-48,55-58,63-64H,1-2,13-14,25-28,31-42H2/q+2/t45-,46-,47-,48-,55+,56+,57+,58+,61+,62+/m0/s1. The van der Waals surface area contributed by atoms with E-state index in [-0.39, 0.29) is 12.1 Å². The first-order valence-corrected chi connectivity index (χ1v) is 27.8. The summed E-state index contributed by atoms with van der Waals surface area (Å²) in [5.74, 6) is 7.98. The summed E-state index contributed by atoms with van der Waals surface area (Å²) >= 11 is 4.38. The van der Waals surface area contributed by atoms with Gasteiger partial charge >= 0.3 is 0 Å². The fraction of sp³-hybridized carbons (Fsp3) is 0.483. The molecule has 8 heterocycles. The van der Waals surface area contributed by atoms with Crippen molar-refractivity contribution in [2.45, 2.75) is 102 Å². The van der Waals surface area contributed by atoms with Gasteiger partial charge in [-0.2, -0.15) is 23.5 Å². The van der Waals surface area contributed by atoms with Gasteiger partial charge in [-0.25, -0.2) is 0 Å². The monoisotopic (exact) mass is 921 g/mol. The summed E-state index contributed by atoms with van der Waals surface area (Å²) in [6.45, 7) is 6.72. The first kappa shape index (κ1) is 46.0. The number of piperidine rings is 6. The van der Waals surface area contributed by atoms with Gasteiger partial charge in [0.05, 0.1) is 37.2 Å². The fourth-order valence-corrected chi connectivity index (χ4v) is 15.7. The van der Waals surface area contributed by atoms with Crippen molar-refractivity contribution in [1.29, 1.82) is 0 Å². The smallest absolute Gasteiger partial charge is 0.131 e. The summed E-state index contributed by atoms with van der Waals surface area (Å²) in [6.07, 6.45) is 15.6. The van der Waals surface area contributed by atoms with Crippen LogP contribution < -0.4 is 0 Å². The van der Waals surface area contributed by atoms with Gasteiger partial charge in [-0.05, 0) is 95.9 Å². The number of unbranched alkanes of at least 4 members (excludes halogenated alkanes) is 3. The first-order valence-electron chi connectivity index (χ1n) is 25.5. The molecule has 2 aromatic heterocycles. The van der Waals surface area contributed by atoms with E-state index in [9.17, 15) is 10.2 Å². The first-order chi connectivity index (χ1) is 32.5. The molecule has 0 unspecified atom stereocenters. The topological polar surface area (TPSA) is 66.2 Å². The summed E-state index contributed by atoms with van der Waals surface area (Å²) in [7, 11) is 0. The number of aromatic nitrogens is 2. The quantitative estimate of drug-likeness (QED) is 0.0554. The zero-order valence-corrected chi connectivity index (χ0v) is 40.6.